The standard InChI is InChI=1S/C25H33N5O2/c1-3-30-13-21(18(2)27-30)24(32)29-16-25(17-29)15-28(12-20-7-5-4-6-8-20)14-22(25)23(31)26-11-19-9-10-19/h4-8,13,19,22H,3,9-12,14-17H2,1-2H3,(H,26,31). The second-order valence-corrected chi connectivity index (χ2v) is 9.90. The number of aryl methyl sites for hydroxylation is 2. The average Bonchev–Trinajstić information content (AvgIpc) is 3.41. The van der Waals surface area contributed by atoms with Crippen LogP contribution in [-0.4, -0.2) is 64.1 Å². The van der Waals surface area contributed by atoms with E-state index in [-0.39, 0.29) is 23.1 Å². The summed E-state index contributed by atoms with van der Waals surface area (Å²) >= 11 is 0. The van der Waals surface area contributed by atoms with E-state index in [1.54, 1.807) is 0 Å². The van der Waals surface area contributed by atoms with Gasteiger partial charge in [0.15, 0.2) is 0 Å². The lowest BCUT2D eigenvalue weighted by Gasteiger charge is -2.50. The molecular weight excluding hydrogens is 402 g/mol. The number of likely N-dealkylation sites (tertiary alicyclic amines) is 2. The fourth-order valence-electron chi connectivity index (χ4n) is 5.32. The Labute approximate surface area is 189 Å². The second-order valence-electron chi connectivity index (χ2n) is 9.90. The van der Waals surface area contributed by atoms with Crippen molar-refractivity contribution in [2.45, 2.75) is 39.8 Å². The summed E-state index contributed by atoms with van der Waals surface area (Å²) in [6.07, 6.45) is 4.30. The van der Waals surface area contributed by atoms with Gasteiger partial charge in [0.2, 0.25) is 5.91 Å². The third-order valence-electron chi connectivity index (χ3n) is 7.35. The number of amides is 2. The highest BCUT2D eigenvalue weighted by Gasteiger charge is 2.58. The summed E-state index contributed by atoms with van der Waals surface area (Å²) in [5.74, 6) is 0.781. The van der Waals surface area contributed by atoms with Crippen LogP contribution in [0.1, 0.15) is 41.4 Å². The number of carbonyl (C=O) groups excluding carboxylic acids is 2. The number of hydrogen-bond acceptors (Lipinski definition) is 4. The molecule has 3 aliphatic rings. The van der Waals surface area contributed by atoms with Gasteiger partial charge in [-0.15, -0.1) is 0 Å². The monoisotopic (exact) mass is 435 g/mol. The first kappa shape index (κ1) is 21.2. The lowest BCUT2D eigenvalue weighted by Crippen LogP contribution is -2.64. The number of carbonyl (C=O) groups is 2. The van der Waals surface area contributed by atoms with Gasteiger partial charge in [0.1, 0.15) is 0 Å². The smallest absolute Gasteiger partial charge is 0.257 e. The minimum Gasteiger partial charge on any atom is -0.356 e. The first-order valence-electron chi connectivity index (χ1n) is 11.8. The molecule has 7 heteroatoms. The molecule has 32 heavy (non-hydrogen) atoms. The van der Waals surface area contributed by atoms with E-state index in [0.29, 0.717) is 24.6 Å². The Hall–Kier alpha value is -2.67. The lowest BCUT2D eigenvalue weighted by molar-refractivity contribution is -0.131. The molecule has 2 amide bonds. The minimum atomic E-state index is -0.160. The molecule has 1 aliphatic carbocycles. The Morgan fingerprint density at radius 1 is 1.16 bits per heavy atom. The Bertz CT molecular complexity index is 991. The highest BCUT2D eigenvalue weighted by Crippen LogP contribution is 2.45. The molecule has 170 valence electrons. The molecule has 1 spiro atoms. The van der Waals surface area contributed by atoms with Gasteiger partial charge in [-0.2, -0.15) is 5.10 Å². The summed E-state index contributed by atoms with van der Waals surface area (Å²) in [7, 11) is 0. The maximum atomic E-state index is 13.2. The van der Waals surface area contributed by atoms with Gasteiger partial charge in [0.05, 0.1) is 17.2 Å². The van der Waals surface area contributed by atoms with Crippen molar-refractivity contribution >= 4 is 11.8 Å². The molecule has 2 aliphatic heterocycles. The topological polar surface area (TPSA) is 70.5 Å². The molecule has 7 nitrogen and oxygen atoms in total. The molecule has 0 radical (unpaired) electrons. The van der Waals surface area contributed by atoms with Crippen LogP contribution < -0.4 is 5.32 Å². The molecule has 2 aromatic rings. The van der Waals surface area contributed by atoms with Crippen molar-refractivity contribution in [3.63, 3.8) is 0 Å². The Morgan fingerprint density at radius 3 is 2.56 bits per heavy atom. The normalized spacial score (nSPS) is 22.2. The molecule has 1 unspecified atom stereocenters. The van der Waals surface area contributed by atoms with Crippen molar-refractivity contribution in [3.8, 4) is 0 Å². The van der Waals surface area contributed by atoms with Crippen molar-refractivity contribution in [2.24, 2.45) is 17.3 Å². The van der Waals surface area contributed by atoms with Gasteiger partial charge in [-0.25, -0.2) is 0 Å². The fourth-order valence-corrected chi connectivity index (χ4v) is 5.32. The van der Waals surface area contributed by atoms with E-state index in [2.05, 4.69) is 39.6 Å². The third-order valence-corrected chi connectivity index (χ3v) is 7.35. The highest BCUT2D eigenvalue weighted by atomic mass is 16.2. The summed E-state index contributed by atoms with van der Waals surface area (Å²) < 4.78 is 1.81. The molecule has 5 rings (SSSR count). The zero-order valence-corrected chi connectivity index (χ0v) is 19.1. The summed E-state index contributed by atoms with van der Waals surface area (Å²) in [4.78, 5) is 30.6. The van der Waals surface area contributed by atoms with E-state index in [4.69, 9.17) is 0 Å². The number of hydrogen-bond donors (Lipinski definition) is 1. The highest BCUT2D eigenvalue weighted by molar-refractivity contribution is 5.96. The van der Waals surface area contributed by atoms with Crippen LogP contribution in [0, 0.1) is 24.2 Å². The van der Waals surface area contributed by atoms with Crippen LogP contribution in [0.15, 0.2) is 36.5 Å². The van der Waals surface area contributed by atoms with E-state index < -0.39 is 0 Å². The van der Waals surface area contributed by atoms with Crippen LogP contribution >= 0.6 is 0 Å². The van der Waals surface area contributed by atoms with E-state index in [0.717, 1.165) is 38.4 Å². The number of nitrogens with zero attached hydrogens (tertiary/aromatic N) is 4. The first-order valence-corrected chi connectivity index (χ1v) is 11.8. The summed E-state index contributed by atoms with van der Waals surface area (Å²) in [6, 6.07) is 10.4. The van der Waals surface area contributed by atoms with Crippen molar-refractivity contribution in [1.29, 1.82) is 0 Å². The summed E-state index contributed by atoms with van der Waals surface area (Å²) in [6.45, 7) is 9.15. The molecular formula is C25H33N5O2. The van der Waals surface area contributed by atoms with Crippen molar-refractivity contribution in [3.05, 3.63) is 53.3 Å². The first-order chi connectivity index (χ1) is 15.5. The molecule has 2 saturated heterocycles. The van der Waals surface area contributed by atoms with Crippen molar-refractivity contribution in [2.75, 3.05) is 32.7 Å². The summed E-state index contributed by atoms with van der Waals surface area (Å²) in [5, 5.41) is 7.63. The minimum absolute atomic E-state index is 0.0338. The molecule has 1 aromatic carbocycles. The maximum absolute atomic E-state index is 13.2. The molecule has 0 bridgehead atoms. The Kier molecular flexibility index (Phi) is 5.53. The van der Waals surface area contributed by atoms with Crippen LogP contribution in [0.2, 0.25) is 0 Å². The van der Waals surface area contributed by atoms with Gasteiger partial charge in [0.25, 0.3) is 5.91 Å². The molecule has 1 aromatic heterocycles. The van der Waals surface area contributed by atoms with E-state index >= 15 is 0 Å². The second kappa shape index (κ2) is 8.35. The quantitative estimate of drug-likeness (QED) is 0.725. The van der Waals surface area contributed by atoms with Crippen molar-refractivity contribution < 1.29 is 9.59 Å². The predicted molar refractivity (Wildman–Crippen MR) is 122 cm³/mol. The van der Waals surface area contributed by atoms with Crippen LogP contribution in [-0.2, 0) is 17.9 Å². The maximum Gasteiger partial charge on any atom is 0.257 e. The molecule has 1 saturated carbocycles. The van der Waals surface area contributed by atoms with E-state index in [1.807, 2.05) is 35.7 Å². The Morgan fingerprint density at radius 2 is 1.91 bits per heavy atom. The van der Waals surface area contributed by atoms with E-state index in [9.17, 15) is 9.59 Å². The zero-order valence-electron chi connectivity index (χ0n) is 19.1. The van der Waals surface area contributed by atoms with Crippen LogP contribution in [0.4, 0.5) is 0 Å². The van der Waals surface area contributed by atoms with Gasteiger partial charge in [-0.05, 0) is 38.2 Å². The number of aromatic nitrogens is 2. The number of rotatable bonds is 7. The van der Waals surface area contributed by atoms with Gasteiger partial charge in [-0.1, -0.05) is 30.3 Å². The van der Waals surface area contributed by atoms with Crippen LogP contribution in [0.25, 0.3) is 0 Å². The molecule has 1 N–H and O–H groups in total. The Balaban J connectivity index is 1.29. The van der Waals surface area contributed by atoms with E-state index in [1.165, 1.54) is 18.4 Å². The van der Waals surface area contributed by atoms with Gasteiger partial charge < -0.3 is 10.2 Å². The lowest BCUT2D eigenvalue weighted by atomic mass is 9.71. The van der Waals surface area contributed by atoms with Gasteiger partial charge >= 0.3 is 0 Å². The average molecular weight is 436 g/mol. The summed E-state index contributed by atoms with van der Waals surface area (Å²) in [5.41, 5.74) is 2.55. The SMILES string of the molecule is CCn1cc(C(=O)N2CC3(CN(Cc4ccccc4)CC3C(=O)NCC3CC3)C2)c(C)n1. The third kappa shape index (κ3) is 4.06. The fraction of sp³-hybridized carbons (Fsp3) is 0.560. The molecule has 3 fully saturated rings. The van der Waals surface area contributed by atoms with Crippen molar-refractivity contribution in [1.82, 2.24) is 24.9 Å². The zero-order chi connectivity index (χ0) is 22.3. The predicted octanol–water partition coefficient (Wildman–Crippen LogP) is 2.31. The number of benzene rings is 1. The van der Waals surface area contributed by atoms with Gasteiger partial charge in [0, 0.05) is 57.4 Å². The molecule has 1 atom stereocenters. The van der Waals surface area contributed by atoms with Crippen LogP contribution in [0.3, 0.4) is 0 Å². The largest absolute Gasteiger partial charge is 0.356 e. The number of nitrogens with one attached hydrogen (secondary N) is 1. The van der Waals surface area contributed by atoms with Crippen LogP contribution in [0.5, 0.6) is 0 Å². The molecule has 3 heterocycles. The van der Waals surface area contributed by atoms with Gasteiger partial charge in [-0.3, -0.25) is 19.2 Å².